The maximum atomic E-state index is 11.9. The summed E-state index contributed by atoms with van der Waals surface area (Å²) in [5.74, 6) is -0.654. The lowest BCUT2D eigenvalue weighted by molar-refractivity contribution is -0.131. The van der Waals surface area contributed by atoms with Crippen molar-refractivity contribution < 1.29 is 28.9 Å². The molecule has 0 saturated heterocycles. The van der Waals surface area contributed by atoms with Crippen molar-refractivity contribution in [1.29, 1.82) is 0 Å². The monoisotopic (exact) mass is 266 g/mol. The second-order valence-electron chi connectivity index (χ2n) is 3.44. The van der Waals surface area contributed by atoms with Crippen LogP contribution in [0, 0.1) is 0 Å². The van der Waals surface area contributed by atoms with Gasteiger partial charge in [0.05, 0.1) is 26.9 Å². The van der Waals surface area contributed by atoms with Gasteiger partial charge in [0.2, 0.25) is 0 Å². The quantitative estimate of drug-likeness (QED) is 0.621. The summed E-state index contributed by atoms with van der Waals surface area (Å²) >= 11 is 0. The molecule has 0 unspecified atom stereocenters. The van der Waals surface area contributed by atoms with Crippen LogP contribution in [0.25, 0.3) is 0 Å². The average Bonchev–Trinajstić information content (AvgIpc) is 2.42. The number of carboxylic acids is 1. The average molecular weight is 266 g/mol. The third kappa shape index (κ3) is 3.48. The second kappa shape index (κ2) is 6.44. The molecule has 6 nitrogen and oxygen atoms in total. The molecule has 0 atom stereocenters. The van der Waals surface area contributed by atoms with Crippen molar-refractivity contribution in [2.75, 3.05) is 21.3 Å². The van der Waals surface area contributed by atoms with E-state index < -0.39 is 11.8 Å². The summed E-state index contributed by atoms with van der Waals surface area (Å²) < 4.78 is 15.2. The van der Waals surface area contributed by atoms with Crippen molar-refractivity contribution in [1.82, 2.24) is 0 Å². The topological polar surface area (TPSA) is 82.1 Å². The highest BCUT2D eigenvalue weighted by Gasteiger charge is 2.16. The molecule has 19 heavy (non-hydrogen) atoms. The zero-order valence-corrected chi connectivity index (χ0v) is 10.8. The van der Waals surface area contributed by atoms with Crippen LogP contribution in [0.5, 0.6) is 17.2 Å². The summed E-state index contributed by atoms with van der Waals surface area (Å²) in [6.07, 6.45) is 1.71. The van der Waals surface area contributed by atoms with E-state index in [-0.39, 0.29) is 11.3 Å². The molecule has 0 heterocycles. The molecule has 102 valence electrons. The Balaban J connectivity index is 3.25. The minimum Gasteiger partial charge on any atom is -0.496 e. The predicted octanol–water partition coefficient (Wildman–Crippen LogP) is 1.54. The number of benzene rings is 1. The van der Waals surface area contributed by atoms with Crippen LogP contribution in [-0.2, 0) is 4.79 Å². The van der Waals surface area contributed by atoms with E-state index in [1.54, 1.807) is 0 Å². The molecule has 0 aliphatic heterocycles. The fourth-order valence-electron chi connectivity index (χ4n) is 1.46. The highest BCUT2D eigenvalue weighted by atomic mass is 16.5. The van der Waals surface area contributed by atoms with Gasteiger partial charge in [0.1, 0.15) is 5.75 Å². The van der Waals surface area contributed by atoms with Gasteiger partial charge in [-0.2, -0.15) is 0 Å². The van der Waals surface area contributed by atoms with Crippen LogP contribution in [0.15, 0.2) is 24.3 Å². The highest BCUT2D eigenvalue weighted by molar-refractivity contribution is 6.09. The molecule has 0 aliphatic carbocycles. The number of allylic oxidation sites excluding steroid dienone is 1. The highest BCUT2D eigenvalue weighted by Crippen LogP contribution is 2.34. The van der Waals surface area contributed by atoms with Gasteiger partial charge in [-0.3, -0.25) is 4.79 Å². The molecule has 0 fully saturated rings. The molecular weight excluding hydrogens is 252 g/mol. The van der Waals surface area contributed by atoms with Crippen molar-refractivity contribution in [3.63, 3.8) is 0 Å². The number of ether oxygens (including phenoxy) is 3. The number of aliphatic carboxylic acids is 1. The number of carbonyl (C=O) groups excluding carboxylic acids is 1. The lowest BCUT2D eigenvalue weighted by atomic mass is 10.1. The van der Waals surface area contributed by atoms with Gasteiger partial charge in [-0.25, -0.2) is 4.79 Å². The van der Waals surface area contributed by atoms with Crippen LogP contribution < -0.4 is 14.2 Å². The maximum Gasteiger partial charge on any atom is 0.328 e. The fraction of sp³-hybridized carbons (Fsp3) is 0.231. The van der Waals surface area contributed by atoms with Gasteiger partial charge < -0.3 is 19.3 Å². The first-order valence-corrected chi connectivity index (χ1v) is 5.28. The molecule has 0 bridgehead atoms. The SMILES string of the molecule is COc1cc(OC)c(C(=O)/C=C/C(=O)O)cc1OC. The number of carbonyl (C=O) groups is 2. The van der Waals surface area contributed by atoms with E-state index in [1.165, 1.54) is 33.5 Å². The van der Waals surface area contributed by atoms with Crippen molar-refractivity contribution in [2.45, 2.75) is 0 Å². The maximum absolute atomic E-state index is 11.9. The van der Waals surface area contributed by atoms with Crippen LogP contribution in [0.1, 0.15) is 10.4 Å². The molecule has 1 N–H and O–H groups in total. The molecule has 0 aromatic heterocycles. The molecule has 0 amide bonds. The fourth-order valence-corrected chi connectivity index (χ4v) is 1.46. The summed E-state index contributed by atoms with van der Waals surface area (Å²) in [6, 6.07) is 2.94. The molecule has 1 aromatic carbocycles. The van der Waals surface area contributed by atoms with Gasteiger partial charge in [-0.1, -0.05) is 0 Å². The van der Waals surface area contributed by atoms with Crippen molar-refractivity contribution in [3.05, 3.63) is 29.8 Å². The Morgan fingerprint density at radius 2 is 1.47 bits per heavy atom. The standard InChI is InChI=1S/C13H14O6/c1-17-10-7-12(19-3)11(18-2)6-8(10)9(14)4-5-13(15)16/h4-7H,1-3H3,(H,15,16)/b5-4+. The Morgan fingerprint density at radius 1 is 0.947 bits per heavy atom. The van der Waals surface area contributed by atoms with Crippen molar-refractivity contribution in [3.8, 4) is 17.2 Å². The van der Waals surface area contributed by atoms with E-state index in [0.29, 0.717) is 11.5 Å². The van der Waals surface area contributed by atoms with Gasteiger partial charge in [-0.15, -0.1) is 0 Å². The lowest BCUT2D eigenvalue weighted by Crippen LogP contribution is -2.02. The first-order valence-electron chi connectivity index (χ1n) is 5.28. The van der Waals surface area contributed by atoms with E-state index in [2.05, 4.69) is 0 Å². The minimum absolute atomic E-state index is 0.192. The minimum atomic E-state index is -1.20. The Kier molecular flexibility index (Phi) is 4.93. The van der Waals surface area contributed by atoms with E-state index in [1.807, 2.05) is 0 Å². The van der Waals surface area contributed by atoms with Crippen LogP contribution in [0.2, 0.25) is 0 Å². The number of carboxylic acid groups (broad SMARTS) is 1. The van der Waals surface area contributed by atoms with Crippen molar-refractivity contribution >= 4 is 11.8 Å². The van der Waals surface area contributed by atoms with Gasteiger partial charge in [0.25, 0.3) is 0 Å². The Labute approximate surface area is 110 Å². The first kappa shape index (κ1) is 14.6. The van der Waals surface area contributed by atoms with E-state index in [4.69, 9.17) is 19.3 Å². The molecule has 1 aromatic rings. The number of ketones is 1. The number of rotatable bonds is 6. The largest absolute Gasteiger partial charge is 0.496 e. The van der Waals surface area contributed by atoms with Crippen LogP contribution in [-0.4, -0.2) is 38.2 Å². The van der Waals surface area contributed by atoms with Gasteiger partial charge >= 0.3 is 5.97 Å². The normalized spacial score (nSPS) is 10.3. The van der Waals surface area contributed by atoms with Crippen molar-refractivity contribution in [2.24, 2.45) is 0 Å². The van der Waals surface area contributed by atoms with Gasteiger partial charge in [0, 0.05) is 12.1 Å². The Morgan fingerprint density at radius 3 is 1.95 bits per heavy atom. The number of hydrogen-bond donors (Lipinski definition) is 1. The molecule has 0 spiro atoms. The molecular formula is C13H14O6. The smallest absolute Gasteiger partial charge is 0.328 e. The molecule has 0 radical (unpaired) electrons. The summed E-state index contributed by atoms with van der Waals surface area (Å²) in [5, 5.41) is 8.50. The van der Waals surface area contributed by atoms with Crippen LogP contribution in [0.3, 0.4) is 0 Å². The van der Waals surface area contributed by atoms with Gasteiger partial charge in [0.15, 0.2) is 17.3 Å². The predicted molar refractivity (Wildman–Crippen MR) is 67.2 cm³/mol. The molecule has 6 heteroatoms. The third-order valence-corrected chi connectivity index (χ3v) is 2.35. The van der Waals surface area contributed by atoms with E-state index in [0.717, 1.165) is 12.2 Å². The molecule has 0 aliphatic rings. The lowest BCUT2D eigenvalue weighted by Gasteiger charge is -2.12. The van der Waals surface area contributed by atoms with Crippen LogP contribution >= 0.6 is 0 Å². The Bertz CT molecular complexity index is 518. The van der Waals surface area contributed by atoms with E-state index >= 15 is 0 Å². The number of hydrogen-bond acceptors (Lipinski definition) is 5. The third-order valence-electron chi connectivity index (χ3n) is 2.35. The Hall–Kier alpha value is -2.50. The molecule has 1 rings (SSSR count). The zero-order chi connectivity index (χ0) is 14.4. The van der Waals surface area contributed by atoms with Gasteiger partial charge in [-0.05, 0) is 12.1 Å². The summed E-state index contributed by atoms with van der Waals surface area (Å²) in [4.78, 5) is 22.3. The van der Waals surface area contributed by atoms with Crippen LogP contribution in [0.4, 0.5) is 0 Å². The number of methoxy groups -OCH3 is 3. The summed E-state index contributed by atoms with van der Waals surface area (Å²) in [5.41, 5.74) is 0.192. The van der Waals surface area contributed by atoms with E-state index in [9.17, 15) is 9.59 Å². The summed E-state index contributed by atoms with van der Waals surface area (Å²) in [6.45, 7) is 0. The molecule has 0 saturated carbocycles. The zero-order valence-electron chi connectivity index (χ0n) is 10.8. The first-order chi connectivity index (χ1) is 9.03. The second-order valence-corrected chi connectivity index (χ2v) is 3.44. The summed E-state index contributed by atoms with van der Waals surface area (Å²) in [7, 11) is 4.30.